The number of pyridine rings is 1. The first kappa shape index (κ1) is 32.4. The molecule has 1 aromatic rings. The summed E-state index contributed by atoms with van der Waals surface area (Å²) in [6, 6.07) is 2.13. The molecule has 0 spiro atoms. The molecule has 1 aromatic heterocycles. The number of thioether (sulfide) groups is 1. The van der Waals surface area contributed by atoms with Crippen LogP contribution in [-0.2, 0) is 16.1 Å². The maximum absolute atomic E-state index is 13.5. The van der Waals surface area contributed by atoms with Gasteiger partial charge in [0.15, 0.2) is 0 Å². The molecular formula is C31H46N4O3S2. The molecule has 7 nitrogen and oxygen atoms in total. The van der Waals surface area contributed by atoms with Gasteiger partial charge in [0.1, 0.15) is 21.8 Å². The maximum Gasteiger partial charge on any atom is 0.270 e. The molecule has 0 atom stereocenters. The molecule has 2 aliphatic heterocycles. The molecule has 0 aromatic carbocycles. The van der Waals surface area contributed by atoms with Crippen LogP contribution in [0.4, 0.5) is 5.82 Å². The molecule has 0 aliphatic carbocycles. The third-order valence-electron chi connectivity index (χ3n) is 7.78. The molecule has 2 saturated heterocycles. The second-order valence-corrected chi connectivity index (χ2v) is 12.4. The molecule has 9 heteroatoms. The normalized spacial score (nSPS) is 16.8. The lowest BCUT2D eigenvalue weighted by Crippen LogP contribution is -2.41. The van der Waals surface area contributed by atoms with Gasteiger partial charge in [-0.15, -0.1) is 0 Å². The Hall–Kier alpha value is -2.15. The van der Waals surface area contributed by atoms with Gasteiger partial charge < -0.3 is 9.64 Å². The molecule has 2 aliphatic rings. The van der Waals surface area contributed by atoms with Gasteiger partial charge in [-0.1, -0.05) is 102 Å². The van der Waals surface area contributed by atoms with Crippen molar-refractivity contribution in [3.05, 3.63) is 31.9 Å². The molecule has 40 heavy (non-hydrogen) atoms. The van der Waals surface area contributed by atoms with E-state index in [-0.39, 0.29) is 17.0 Å². The highest BCUT2D eigenvalue weighted by molar-refractivity contribution is 8.26. The summed E-state index contributed by atoms with van der Waals surface area (Å²) in [6.45, 7) is 9.74. The van der Waals surface area contributed by atoms with Crippen LogP contribution in [0.5, 0.6) is 0 Å². The van der Waals surface area contributed by atoms with Crippen LogP contribution in [0.1, 0.15) is 108 Å². The zero-order valence-corrected chi connectivity index (χ0v) is 26.3. The fraction of sp³-hybridized carbons (Fsp3) is 0.677. The van der Waals surface area contributed by atoms with Crippen LogP contribution in [0.2, 0.25) is 0 Å². The molecule has 0 radical (unpaired) electrons. The second kappa shape index (κ2) is 17.0. The number of nitriles is 1. The zero-order valence-electron chi connectivity index (χ0n) is 24.6. The standard InChI is InChI=1S/C31H46N4O3S2/c1-4-6-8-9-10-11-12-13-14-15-17-35-30(37)27(40-31(35)39)22-25-24(3)26(23-32)29(36)34(16-7-5-2)28(25)33-18-20-38-21-19-33/h22H,4-21H2,1-3H3. The summed E-state index contributed by atoms with van der Waals surface area (Å²) >= 11 is 6.94. The summed E-state index contributed by atoms with van der Waals surface area (Å²) in [6.07, 6.45) is 16.0. The Bertz CT molecular complexity index is 1150. The summed E-state index contributed by atoms with van der Waals surface area (Å²) in [5, 5.41) is 9.88. The van der Waals surface area contributed by atoms with Crippen LogP contribution in [0.3, 0.4) is 0 Å². The number of hydrogen-bond donors (Lipinski definition) is 0. The van der Waals surface area contributed by atoms with E-state index in [4.69, 9.17) is 17.0 Å². The zero-order chi connectivity index (χ0) is 28.9. The average Bonchev–Trinajstić information content (AvgIpc) is 3.22. The number of carbonyl (C=O) groups is 1. The Morgan fingerprint density at radius 3 is 2.12 bits per heavy atom. The fourth-order valence-electron chi connectivity index (χ4n) is 5.36. The van der Waals surface area contributed by atoms with Gasteiger partial charge in [-0.05, 0) is 31.4 Å². The Labute approximate surface area is 249 Å². The molecule has 220 valence electrons. The van der Waals surface area contributed by atoms with E-state index < -0.39 is 0 Å². The molecule has 2 fully saturated rings. The minimum Gasteiger partial charge on any atom is -0.378 e. The van der Waals surface area contributed by atoms with Crippen LogP contribution in [-0.4, -0.2) is 52.5 Å². The highest BCUT2D eigenvalue weighted by Crippen LogP contribution is 2.36. The number of nitrogens with zero attached hydrogens (tertiary/aromatic N) is 4. The van der Waals surface area contributed by atoms with Crippen molar-refractivity contribution in [3.63, 3.8) is 0 Å². The van der Waals surface area contributed by atoms with Gasteiger partial charge >= 0.3 is 0 Å². The van der Waals surface area contributed by atoms with Gasteiger partial charge in [-0.3, -0.25) is 19.1 Å². The van der Waals surface area contributed by atoms with Crippen molar-refractivity contribution in [3.8, 4) is 6.07 Å². The van der Waals surface area contributed by atoms with Crippen molar-refractivity contribution in [2.24, 2.45) is 0 Å². The predicted octanol–water partition coefficient (Wildman–Crippen LogP) is 6.79. The summed E-state index contributed by atoms with van der Waals surface area (Å²) in [5.41, 5.74) is 1.25. The molecule has 0 unspecified atom stereocenters. The monoisotopic (exact) mass is 586 g/mol. The number of rotatable bonds is 16. The molecule has 0 bridgehead atoms. The van der Waals surface area contributed by atoms with Crippen molar-refractivity contribution < 1.29 is 9.53 Å². The number of amides is 1. The summed E-state index contributed by atoms with van der Waals surface area (Å²) in [7, 11) is 0. The third-order valence-corrected chi connectivity index (χ3v) is 9.15. The van der Waals surface area contributed by atoms with E-state index in [2.05, 4.69) is 24.8 Å². The van der Waals surface area contributed by atoms with Gasteiger partial charge in [-0.25, -0.2) is 0 Å². The van der Waals surface area contributed by atoms with Gasteiger partial charge in [0, 0.05) is 31.7 Å². The Morgan fingerprint density at radius 1 is 0.925 bits per heavy atom. The van der Waals surface area contributed by atoms with Gasteiger partial charge in [0.05, 0.1) is 18.1 Å². The molecular weight excluding hydrogens is 541 g/mol. The largest absolute Gasteiger partial charge is 0.378 e. The van der Waals surface area contributed by atoms with E-state index in [1.807, 2.05) is 13.0 Å². The average molecular weight is 587 g/mol. The summed E-state index contributed by atoms with van der Waals surface area (Å²) in [4.78, 5) is 31.3. The molecule has 1 amide bonds. The number of hydrogen-bond acceptors (Lipinski definition) is 7. The Morgan fingerprint density at radius 2 is 1.52 bits per heavy atom. The topological polar surface area (TPSA) is 78.6 Å². The first-order chi connectivity index (χ1) is 19.4. The van der Waals surface area contributed by atoms with Crippen LogP contribution in [0, 0.1) is 18.3 Å². The number of anilines is 1. The smallest absolute Gasteiger partial charge is 0.270 e. The minimum absolute atomic E-state index is 0.0805. The predicted molar refractivity (Wildman–Crippen MR) is 170 cm³/mol. The lowest BCUT2D eigenvalue weighted by molar-refractivity contribution is -0.122. The SMILES string of the molecule is CCCCCCCCCCCCN1C(=O)C(=Cc2c(C)c(C#N)c(=O)n(CCCC)c2N2CCOCC2)SC1=S. The van der Waals surface area contributed by atoms with E-state index in [0.717, 1.165) is 37.1 Å². The van der Waals surface area contributed by atoms with E-state index in [9.17, 15) is 14.9 Å². The van der Waals surface area contributed by atoms with Crippen LogP contribution >= 0.6 is 24.0 Å². The lowest BCUT2D eigenvalue weighted by atomic mass is 10.0. The third kappa shape index (κ3) is 8.43. The number of unbranched alkanes of at least 4 members (excludes halogenated alkanes) is 10. The highest BCUT2D eigenvalue weighted by atomic mass is 32.2. The van der Waals surface area contributed by atoms with Gasteiger partial charge in [-0.2, -0.15) is 5.26 Å². The maximum atomic E-state index is 13.5. The van der Waals surface area contributed by atoms with Gasteiger partial charge in [0.25, 0.3) is 11.5 Å². The van der Waals surface area contributed by atoms with Crippen molar-refractivity contribution in [2.75, 3.05) is 37.7 Å². The van der Waals surface area contributed by atoms with Crippen LogP contribution in [0.25, 0.3) is 6.08 Å². The Balaban J connectivity index is 1.76. The molecule has 0 N–H and O–H groups in total. The molecule has 0 saturated carbocycles. The lowest BCUT2D eigenvalue weighted by Gasteiger charge is -2.33. The number of aromatic nitrogens is 1. The molecule has 3 heterocycles. The summed E-state index contributed by atoms with van der Waals surface area (Å²) < 4.78 is 7.89. The van der Waals surface area contributed by atoms with Crippen molar-refractivity contribution >= 4 is 46.1 Å². The quantitative estimate of drug-likeness (QED) is 0.120. The Kier molecular flexibility index (Phi) is 13.7. The first-order valence-corrected chi connectivity index (χ1v) is 16.4. The first-order valence-electron chi connectivity index (χ1n) is 15.2. The van der Waals surface area contributed by atoms with Crippen LogP contribution < -0.4 is 10.5 Å². The van der Waals surface area contributed by atoms with E-state index in [1.54, 1.807) is 9.47 Å². The van der Waals surface area contributed by atoms with E-state index >= 15 is 0 Å². The number of carbonyl (C=O) groups excluding carboxylic acids is 1. The summed E-state index contributed by atoms with van der Waals surface area (Å²) in [5.74, 6) is 0.696. The number of ether oxygens (including phenoxy) is 1. The fourth-order valence-corrected chi connectivity index (χ4v) is 6.66. The minimum atomic E-state index is -0.263. The van der Waals surface area contributed by atoms with Gasteiger partial charge in [0.2, 0.25) is 0 Å². The van der Waals surface area contributed by atoms with E-state index in [0.29, 0.717) is 54.2 Å². The van der Waals surface area contributed by atoms with Crippen LogP contribution in [0.15, 0.2) is 9.70 Å². The van der Waals surface area contributed by atoms with E-state index in [1.165, 1.54) is 63.1 Å². The van der Waals surface area contributed by atoms with Crippen molar-refractivity contribution in [1.82, 2.24) is 9.47 Å². The highest BCUT2D eigenvalue weighted by Gasteiger charge is 2.33. The van der Waals surface area contributed by atoms with Crippen molar-refractivity contribution in [2.45, 2.75) is 104 Å². The number of thiocarbonyl (C=S) groups is 1. The van der Waals surface area contributed by atoms with Crippen molar-refractivity contribution in [1.29, 1.82) is 5.26 Å². The molecule has 3 rings (SSSR count). The second-order valence-electron chi connectivity index (χ2n) is 10.8. The number of morpholine rings is 1.